The predicted octanol–water partition coefficient (Wildman–Crippen LogP) is 4.73. The number of hydrogen-bond donors (Lipinski definition) is 1. The second-order valence-electron chi connectivity index (χ2n) is 5.37. The highest BCUT2D eigenvalue weighted by Crippen LogP contribution is 2.32. The third-order valence-corrected chi connectivity index (χ3v) is 5.61. The predicted molar refractivity (Wildman–Crippen MR) is 92.6 cm³/mol. The van der Waals surface area contributed by atoms with Gasteiger partial charge in [0.1, 0.15) is 0 Å². The van der Waals surface area contributed by atoms with E-state index in [4.69, 9.17) is 0 Å². The molecule has 1 aromatic heterocycles. The lowest BCUT2D eigenvalue weighted by Crippen LogP contribution is -2.10. The topological polar surface area (TPSA) is 29.1 Å². The number of halogens is 1. The van der Waals surface area contributed by atoms with E-state index in [-0.39, 0.29) is 5.91 Å². The van der Waals surface area contributed by atoms with Gasteiger partial charge in [-0.3, -0.25) is 4.79 Å². The summed E-state index contributed by atoms with van der Waals surface area (Å²) in [6.45, 7) is 2.28. The van der Waals surface area contributed by atoms with E-state index in [1.54, 1.807) is 11.3 Å². The molecular weight excluding hydrogens is 381 g/mol. The maximum absolute atomic E-state index is 12.3. The molecular formula is C16H16INOS. The average Bonchev–Trinajstić information content (AvgIpc) is 2.84. The number of fused-ring (bicyclic) bond motifs is 1. The first-order valence-electron chi connectivity index (χ1n) is 6.80. The van der Waals surface area contributed by atoms with Crippen molar-refractivity contribution in [1.82, 2.24) is 0 Å². The molecule has 0 saturated heterocycles. The quantitative estimate of drug-likeness (QED) is 0.730. The normalized spacial score (nSPS) is 17.6. The van der Waals surface area contributed by atoms with E-state index in [1.807, 2.05) is 24.3 Å². The van der Waals surface area contributed by atoms with Crippen LogP contribution in [0.3, 0.4) is 0 Å². The van der Waals surface area contributed by atoms with E-state index < -0.39 is 0 Å². The lowest BCUT2D eigenvalue weighted by Gasteiger charge is -2.16. The molecule has 3 rings (SSSR count). The van der Waals surface area contributed by atoms with Crippen LogP contribution in [0, 0.1) is 9.49 Å². The lowest BCUT2D eigenvalue weighted by molar-refractivity contribution is 0.103. The van der Waals surface area contributed by atoms with E-state index in [0.29, 0.717) is 0 Å². The van der Waals surface area contributed by atoms with Gasteiger partial charge in [-0.15, -0.1) is 11.3 Å². The van der Waals surface area contributed by atoms with Crippen LogP contribution in [0.15, 0.2) is 30.3 Å². The number of hydrogen-bond acceptors (Lipinski definition) is 2. The monoisotopic (exact) mass is 397 g/mol. The molecule has 1 aliphatic rings. The summed E-state index contributed by atoms with van der Waals surface area (Å²) in [6.07, 6.45) is 3.48. The molecule has 0 fully saturated rings. The highest BCUT2D eigenvalue weighted by atomic mass is 127. The Balaban J connectivity index is 1.76. The van der Waals surface area contributed by atoms with Crippen LogP contribution >= 0.6 is 33.9 Å². The number of nitrogens with one attached hydrogen (secondary N) is 1. The van der Waals surface area contributed by atoms with Crippen LogP contribution in [-0.2, 0) is 12.8 Å². The van der Waals surface area contributed by atoms with Gasteiger partial charge >= 0.3 is 0 Å². The van der Waals surface area contributed by atoms with Gasteiger partial charge in [-0.05, 0) is 83.7 Å². The fourth-order valence-corrected chi connectivity index (χ4v) is 4.01. The molecule has 0 bridgehead atoms. The Labute approximate surface area is 136 Å². The molecule has 1 amide bonds. The SMILES string of the molecule is C[C@H]1CCc2sc(C(=O)Nc3ccc(I)cc3)cc2C1. The highest BCUT2D eigenvalue weighted by Gasteiger charge is 2.20. The molecule has 1 N–H and O–H groups in total. The van der Waals surface area contributed by atoms with Crippen LogP contribution in [0.4, 0.5) is 5.69 Å². The molecule has 1 atom stereocenters. The van der Waals surface area contributed by atoms with Gasteiger partial charge in [-0.1, -0.05) is 6.92 Å². The first kappa shape index (κ1) is 14.1. The molecule has 2 nitrogen and oxygen atoms in total. The van der Waals surface area contributed by atoms with E-state index in [9.17, 15) is 4.79 Å². The lowest BCUT2D eigenvalue weighted by atomic mass is 9.90. The van der Waals surface area contributed by atoms with Crippen molar-refractivity contribution in [2.45, 2.75) is 26.2 Å². The van der Waals surface area contributed by atoms with Gasteiger partial charge in [0.05, 0.1) is 4.88 Å². The molecule has 1 heterocycles. The Morgan fingerprint density at radius 2 is 2.10 bits per heavy atom. The fraction of sp³-hybridized carbons (Fsp3) is 0.312. The van der Waals surface area contributed by atoms with Gasteiger partial charge in [-0.25, -0.2) is 0 Å². The Hall–Kier alpha value is -0.880. The molecule has 0 aliphatic heterocycles. The summed E-state index contributed by atoms with van der Waals surface area (Å²) >= 11 is 3.91. The molecule has 0 unspecified atom stereocenters. The first-order chi connectivity index (χ1) is 9.61. The second-order valence-corrected chi connectivity index (χ2v) is 7.75. The molecule has 0 saturated carbocycles. The van der Waals surface area contributed by atoms with Gasteiger partial charge in [0, 0.05) is 14.1 Å². The molecule has 1 aliphatic carbocycles. The number of amides is 1. The summed E-state index contributed by atoms with van der Waals surface area (Å²) in [5, 5.41) is 2.97. The number of carbonyl (C=O) groups excluding carboxylic acids is 1. The van der Waals surface area contributed by atoms with Crippen LogP contribution in [0.2, 0.25) is 0 Å². The van der Waals surface area contributed by atoms with Crippen LogP contribution in [0.25, 0.3) is 0 Å². The number of aryl methyl sites for hydroxylation is 1. The number of rotatable bonds is 2. The average molecular weight is 397 g/mol. The van der Waals surface area contributed by atoms with Crippen LogP contribution in [0.5, 0.6) is 0 Å². The van der Waals surface area contributed by atoms with Gasteiger partial charge in [0.25, 0.3) is 5.91 Å². The minimum absolute atomic E-state index is 0.0123. The summed E-state index contributed by atoms with van der Waals surface area (Å²) in [5.74, 6) is 0.752. The summed E-state index contributed by atoms with van der Waals surface area (Å²) in [6, 6.07) is 9.96. The molecule has 1 aromatic carbocycles. The molecule has 20 heavy (non-hydrogen) atoms. The van der Waals surface area contributed by atoms with Gasteiger partial charge in [-0.2, -0.15) is 0 Å². The number of benzene rings is 1. The van der Waals surface area contributed by atoms with E-state index in [1.165, 1.54) is 20.4 Å². The Kier molecular flexibility index (Phi) is 4.12. The first-order valence-corrected chi connectivity index (χ1v) is 8.70. The second kappa shape index (κ2) is 5.85. The Morgan fingerprint density at radius 3 is 2.85 bits per heavy atom. The Morgan fingerprint density at radius 1 is 1.35 bits per heavy atom. The maximum atomic E-state index is 12.3. The van der Waals surface area contributed by atoms with Gasteiger partial charge in [0.15, 0.2) is 0 Å². The smallest absolute Gasteiger partial charge is 0.265 e. The minimum Gasteiger partial charge on any atom is -0.321 e. The zero-order chi connectivity index (χ0) is 14.1. The molecule has 0 spiro atoms. The molecule has 0 radical (unpaired) electrons. The van der Waals surface area contributed by atoms with Crippen molar-refractivity contribution >= 4 is 45.5 Å². The van der Waals surface area contributed by atoms with Crippen molar-refractivity contribution in [3.63, 3.8) is 0 Å². The maximum Gasteiger partial charge on any atom is 0.265 e. The van der Waals surface area contributed by atoms with Gasteiger partial charge < -0.3 is 5.32 Å². The summed E-state index contributed by atoms with van der Waals surface area (Å²) in [4.78, 5) is 14.5. The zero-order valence-corrected chi connectivity index (χ0v) is 14.3. The summed E-state index contributed by atoms with van der Waals surface area (Å²) < 4.78 is 1.17. The highest BCUT2D eigenvalue weighted by molar-refractivity contribution is 14.1. The molecule has 104 valence electrons. The fourth-order valence-electron chi connectivity index (χ4n) is 2.54. The van der Waals surface area contributed by atoms with Crippen LogP contribution in [0.1, 0.15) is 33.5 Å². The standard InChI is InChI=1S/C16H16INOS/c1-10-2-7-14-11(8-10)9-15(20-14)16(19)18-13-5-3-12(17)4-6-13/h3-6,9-10H,2,7-8H2,1H3,(H,18,19)/t10-/m0/s1. The Bertz CT molecular complexity index is 632. The van der Waals surface area contributed by atoms with Crippen molar-refractivity contribution < 1.29 is 4.79 Å². The number of thiophene rings is 1. The van der Waals surface area contributed by atoms with Crippen molar-refractivity contribution in [3.8, 4) is 0 Å². The van der Waals surface area contributed by atoms with E-state index in [0.717, 1.165) is 29.3 Å². The van der Waals surface area contributed by atoms with Crippen molar-refractivity contribution in [3.05, 3.63) is 49.2 Å². The third-order valence-electron chi connectivity index (χ3n) is 3.66. The largest absolute Gasteiger partial charge is 0.321 e. The molecule has 4 heteroatoms. The van der Waals surface area contributed by atoms with Gasteiger partial charge in [0.2, 0.25) is 0 Å². The molecule has 2 aromatic rings. The van der Waals surface area contributed by atoms with Crippen LogP contribution in [-0.4, -0.2) is 5.91 Å². The zero-order valence-electron chi connectivity index (χ0n) is 11.3. The van der Waals surface area contributed by atoms with E-state index >= 15 is 0 Å². The van der Waals surface area contributed by atoms with Crippen molar-refractivity contribution in [2.75, 3.05) is 5.32 Å². The van der Waals surface area contributed by atoms with Crippen molar-refractivity contribution in [1.29, 1.82) is 0 Å². The van der Waals surface area contributed by atoms with Crippen molar-refractivity contribution in [2.24, 2.45) is 5.92 Å². The number of carbonyl (C=O) groups is 1. The number of anilines is 1. The summed E-state index contributed by atoms with van der Waals surface area (Å²) in [7, 11) is 0. The van der Waals surface area contributed by atoms with Crippen LogP contribution < -0.4 is 5.32 Å². The summed E-state index contributed by atoms with van der Waals surface area (Å²) in [5.41, 5.74) is 2.23. The van der Waals surface area contributed by atoms with E-state index in [2.05, 4.69) is 40.9 Å². The third kappa shape index (κ3) is 3.06. The minimum atomic E-state index is 0.0123.